The van der Waals surface area contributed by atoms with E-state index in [1.807, 2.05) is 6.08 Å². The lowest BCUT2D eigenvalue weighted by atomic mass is 9.99. The van der Waals surface area contributed by atoms with Crippen LogP contribution in [-0.4, -0.2) is 87.5 Å². The maximum atomic E-state index is 12.9. The molecule has 7 unspecified atom stereocenters. The van der Waals surface area contributed by atoms with Gasteiger partial charge in [-0.25, -0.2) is 0 Å². The fourth-order valence-electron chi connectivity index (χ4n) is 7.39. The molecule has 9 nitrogen and oxygen atoms in total. The van der Waals surface area contributed by atoms with Gasteiger partial charge in [-0.05, 0) is 19.3 Å². The molecule has 1 amide bonds. The Labute approximate surface area is 331 Å². The van der Waals surface area contributed by atoms with E-state index in [4.69, 9.17) is 9.47 Å². The summed E-state index contributed by atoms with van der Waals surface area (Å²) in [6.45, 7) is 3.76. The van der Waals surface area contributed by atoms with Gasteiger partial charge < -0.3 is 40.3 Å². The highest BCUT2D eigenvalue weighted by molar-refractivity contribution is 5.76. The molecule has 1 fully saturated rings. The third-order valence-corrected chi connectivity index (χ3v) is 11.1. The molecule has 0 aromatic heterocycles. The first-order valence-corrected chi connectivity index (χ1v) is 22.9. The molecule has 0 aromatic rings. The summed E-state index contributed by atoms with van der Waals surface area (Å²) in [5, 5.41) is 54.1. The van der Waals surface area contributed by atoms with Gasteiger partial charge in [-0.3, -0.25) is 4.79 Å². The van der Waals surface area contributed by atoms with E-state index in [2.05, 4.69) is 19.2 Å². The molecule has 0 aliphatic carbocycles. The Morgan fingerprint density at radius 3 is 1.44 bits per heavy atom. The molecule has 1 saturated heterocycles. The van der Waals surface area contributed by atoms with Gasteiger partial charge in [0.05, 0.1) is 25.4 Å². The Morgan fingerprint density at radius 1 is 0.611 bits per heavy atom. The van der Waals surface area contributed by atoms with Gasteiger partial charge in [-0.2, -0.15) is 0 Å². The number of carbonyl (C=O) groups is 1. The van der Waals surface area contributed by atoms with E-state index < -0.39 is 49.5 Å². The zero-order chi connectivity index (χ0) is 39.5. The zero-order valence-electron chi connectivity index (χ0n) is 35.0. The number of unbranched alkanes of at least 4 members (excludes halogenated alkanes) is 28. The van der Waals surface area contributed by atoms with Crippen LogP contribution in [0.5, 0.6) is 0 Å². The molecule has 1 rings (SSSR count). The number of nitrogens with one attached hydrogen (secondary N) is 1. The van der Waals surface area contributed by atoms with Gasteiger partial charge in [-0.15, -0.1) is 0 Å². The van der Waals surface area contributed by atoms with Crippen molar-refractivity contribution in [3.8, 4) is 0 Å². The summed E-state index contributed by atoms with van der Waals surface area (Å²) < 4.78 is 11.2. The smallest absolute Gasteiger partial charge is 0.220 e. The Hall–Kier alpha value is -1.07. The van der Waals surface area contributed by atoms with Crippen LogP contribution >= 0.6 is 0 Å². The Bertz CT molecular complexity index is 858. The van der Waals surface area contributed by atoms with Crippen molar-refractivity contribution in [1.29, 1.82) is 0 Å². The van der Waals surface area contributed by atoms with Crippen LogP contribution in [0.2, 0.25) is 0 Å². The van der Waals surface area contributed by atoms with Gasteiger partial charge >= 0.3 is 0 Å². The van der Waals surface area contributed by atoms with Crippen LogP contribution in [-0.2, 0) is 14.3 Å². The summed E-state index contributed by atoms with van der Waals surface area (Å²) in [4.78, 5) is 12.9. The second-order valence-corrected chi connectivity index (χ2v) is 16.2. The Morgan fingerprint density at radius 2 is 1.02 bits per heavy atom. The first kappa shape index (κ1) is 50.9. The number of ether oxygens (including phenoxy) is 2. The van der Waals surface area contributed by atoms with Crippen molar-refractivity contribution in [1.82, 2.24) is 5.32 Å². The predicted molar refractivity (Wildman–Crippen MR) is 221 cm³/mol. The largest absolute Gasteiger partial charge is 0.394 e. The van der Waals surface area contributed by atoms with Gasteiger partial charge in [0, 0.05) is 6.42 Å². The lowest BCUT2D eigenvalue weighted by molar-refractivity contribution is -0.302. The number of amides is 1. The molecule has 6 N–H and O–H groups in total. The van der Waals surface area contributed by atoms with Gasteiger partial charge in [0.1, 0.15) is 24.4 Å². The van der Waals surface area contributed by atoms with E-state index in [-0.39, 0.29) is 12.5 Å². The quantitative estimate of drug-likeness (QED) is 0.0269. The van der Waals surface area contributed by atoms with Crippen molar-refractivity contribution >= 4 is 5.91 Å². The molecule has 7 atom stereocenters. The number of carbonyl (C=O) groups excluding carboxylic acids is 1. The van der Waals surface area contributed by atoms with Crippen LogP contribution in [0.15, 0.2) is 12.2 Å². The molecular weight excluding hydrogens is 682 g/mol. The fraction of sp³-hybridized carbons (Fsp3) is 0.933. The van der Waals surface area contributed by atoms with Crippen molar-refractivity contribution < 1.29 is 39.8 Å². The molecule has 1 aliphatic heterocycles. The second-order valence-electron chi connectivity index (χ2n) is 16.2. The number of hydrogen-bond acceptors (Lipinski definition) is 8. The molecule has 1 heterocycles. The molecule has 9 heteroatoms. The fourth-order valence-corrected chi connectivity index (χ4v) is 7.39. The summed E-state index contributed by atoms with van der Waals surface area (Å²) in [7, 11) is 0. The van der Waals surface area contributed by atoms with Gasteiger partial charge in [-0.1, -0.05) is 199 Å². The maximum Gasteiger partial charge on any atom is 0.220 e. The molecule has 0 saturated carbocycles. The summed E-state index contributed by atoms with van der Waals surface area (Å²) in [6.07, 6.45) is 34.1. The predicted octanol–water partition coefficient (Wildman–Crippen LogP) is 9.34. The third-order valence-electron chi connectivity index (χ3n) is 11.1. The molecule has 0 aromatic carbocycles. The topological polar surface area (TPSA) is 149 Å². The number of hydrogen-bond donors (Lipinski definition) is 6. The highest BCUT2D eigenvalue weighted by atomic mass is 16.7. The van der Waals surface area contributed by atoms with E-state index in [1.165, 1.54) is 154 Å². The van der Waals surface area contributed by atoms with Crippen LogP contribution in [0.25, 0.3) is 0 Å². The minimum absolute atomic E-state index is 0.178. The monoisotopic (exact) mass is 770 g/mol. The minimum Gasteiger partial charge on any atom is -0.394 e. The summed E-state index contributed by atoms with van der Waals surface area (Å²) in [5.41, 5.74) is 0. The minimum atomic E-state index is -1.56. The first-order chi connectivity index (χ1) is 26.3. The van der Waals surface area contributed by atoms with Crippen LogP contribution in [0, 0.1) is 0 Å². The lowest BCUT2D eigenvalue weighted by Crippen LogP contribution is -2.60. The van der Waals surface area contributed by atoms with E-state index in [9.17, 15) is 30.3 Å². The van der Waals surface area contributed by atoms with E-state index in [0.717, 1.165) is 38.5 Å². The molecule has 54 heavy (non-hydrogen) atoms. The third kappa shape index (κ3) is 26.7. The van der Waals surface area contributed by atoms with Crippen LogP contribution in [0.4, 0.5) is 0 Å². The number of aliphatic hydroxyl groups is 5. The molecular formula is C45H87NO8. The van der Waals surface area contributed by atoms with Gasteiger partial charge in [0.2, 0.25) is 5.91 Å². The number of aliphatic hydroxyl groups excluding tert-OH is 5. The van der Waals surface area contributed by atoms with Crippen molar-refractivity contribution in [2.45, 2.75) is 256 Å². The SMILES string of the molecule is CCCCCCCCCCCCCCCCCCCCC/C=C/C(O)C(COC1OC(CO)C(O)C(O)C1O)NC(=O)CCCCCCCCCCCC. The Balaban J connectivity index is 2.30. The molecule has 0 radical (unpaired) electrons. The van der Waals surface area contributed by atoms with Crippen molar-refractivity contribution in [3.63, 3.8) is 0 Å². The average Bonchev–Trinajstić information content (AvgIpc) is 3.17. The Kier molecular flexibility index (Phi) is 34.2. The van der Waals surface area contributed by atoms with E-state index >= 15 is 0 Å². The standard InChI is InChI=1S/C45H87NO8/c1-3-5-7-9-11-13-15-16-17-18-19-20-21-22-23-24-25-26-28-30-32-34-39(48)38(37-53-45-44(52)43(51)42(50)40(36-47)54-45)46-41(49)35-33-31-29-27-14-12-10-8-6-4-2/h32,34,38-40,42-45,47-48,50-52H,3-31,33,35-37H2,1-2H3,(H,46,49)/b34-32+. The molecule has 320 valence electrons. The van der Waals surface area contributed by atoms with Crippen LogP contribution < -0.4 is 5.32 Å². The van der Waals surface area contributed by atoms with Crippen molar-refractivity contribution in [3.05, 3.63) is 12.2 Å². The maximum absolute atomic E-state index is 12.9. The molecule has 0 spiro atoms. The number of allylic oxidation sites excluding steroid dienone is 1. The highest BCUT2D eigenvalue weighted by Crippen LogP contribution is 2.23. The molecule has 0 bridgehead atoms. The van der Waals surface area contributed by atoms with Crippen molar-refractivity contribution in [2.24, 2.45) is 0 Å². The average molecular weight is 770 g/mol. The highest BCUT2D eigenvalue weighted by Gasteiger charge is 2.44. The first-order valence-electron chi connectivity index (χ1n) is 22.9. The second kappa shape index (κ2) is 36.3. The van der Waals surface area contributed by atoms with Gasteiger partial charge in [0.25, 0.3) is 0 Å². The van der Waals surface area contributed by atoms with Gasteiger partial charge in [0.15, 0.2) is 6.29 Å². The van der Waals surface area contributed by atoms with E-state index in [1.54, 1.807) is 6.08 Å². The normalized spacial score (nSPS) is 21.5. The molecule has 1 aliphatic rings. The summed E-state index contributed by atoms with van der Waals surface area (Å²) in [6, 6.07) is -0.797. The summed E-state index contributed by atoms with van der Waals surface area (Å²) in [5.74, 6) is -0.178. The van der Waals surface area contributed by atoms with Crippen LogP contribution in [0.3, 0.4) is 0 Å². The number of rotatable bonds is 38. The van der Waals surface area contributed by atoms with Crippen LogP contribution in [0.1, 0.15) is 213 Å². The van der Waals surface area contributed by atoms with Crippen molar-refractivity contribution in [2.75, 3.05) is 13.2 Å². The summed E-state index contributed by atoms with van der Waals surface area (Å²) >= 11 is 0. The van der Waals surface area contributed by atoms with E-state index in [0.29, 0.717) is 6.42 Å². The zero-order valence-corrected chi connectivity index (χ0v) is 35.0. The lowest BCUT2D eigenvalue weighted by Gasteiger charge is -2.40.